The maximum atomic E-state index is 12.5. The highest BCUT2D eigenvalue weighted by Gasteiger charge is 2.19. The van der Waals surface area contributed by atoms with Gasteiger partial charge in [-0.05, 0) is 55.4 Å². The number of benzene rings is 2. The van der Waals surface area contributed by atoms with Crippen molar-refractivity contribution in [1.82, 2.24) is 0 Å². The largest absolute Gasteiger partial charge is 0.478 e. The van der Waals surface area contributed by atoms with Crippen LogP contribution < -0.4 is 10.6 Å². The van der Waals surface area contributed by atoms with Crippen LogP contribution in [0, 0.1) is 6.92 Å². The van der Waals surface area contributed by atoms with E-state index in [4.69, 9.17) is 17.0 Å². The Bertz CT molecular complexity index is 1110. The maximum Gasteiger partial charge on any atom is 0.341 e. The van der Waals surface area contributed by atoms with Crippen LogP contribution in [-0.4, -0.2) is 28.8 Å². The number of carbonyl (C=O) groups is 2. The van der Waals surface area contributed by atoms with Gasteiger partial charge in [-0.1, -0.05) is 36.4 Å². The summed E-state index contributed by atoms with van der Waals surface area (Å²) < 4.78 is 5.19. The number of thiophene rings is 1. The second-order valence-corrected chi connectivity index (χ2v) is 8.30. The zero-order chi connectivity index (χ0) is 22.4. The number of rotatable bonds is 7. The first-order chi connectivity index (χ1) is 14.9. The molecule has 3 aromatic rings. The van der Waals surface area contributed by atoms with Gasteiger partial charge in [-0.2, -0.15) is 0 Å². The quantitative estimate of drug-likeness (QED) is 0.328. The lowest BCUT2D eigenvalue weighted by Crippen LogP contribution is -2.20. The molecule has 0 unspecified atom stereocenters. The molecule has 3 N–H and O–H groups in total. The number of hydrogen-bond acceptors (Lipinski definition) is 5. The van der Waals surface area contributed by atoms with Crippen LogP contribution in [0.3, 0.4) is 0 Å². The van der Waals surface area contributed by atoms with Crippen molar-refractivity contribution in [2.24, 2.45) is 0 Å². The molecule has 1 aromatic heterocycles. The summed E-state index contributed by atoms with van der Waals surface area (Å²) in [4.78, 5) is 24.7. The predicted molar refractivity (Wildman–Crippen MR) is 128 cm³/mol. The molecule has 0 aliphatic heterocycles. The van der Waals surface area contributed by atoms with E-state index in [0.29, 0.717) is 22.7 Å². The van der Waals surface area contributed by atoms with Crippen LogP contribution >= 0.6 is 23.6 Å². The molecule has 1 heterocycles. The lowest BCUT2D eigenvalue weighted by molar-refractivity contribution is 0.0527. The molecule has 0 atom stereocenters. The van der Waals surface area contributed by atoms with Gasteiger partial charge in [0.2, 0.25) is 0 Å². The Balaban J connectivity index is 1.82. The zero-order valence-corrected chi connectivity index (χ0v) is 18.7. The van der Waals surface area contributed by atoms with Gasteiger partial charge in [0.25, 0.3) is 0 Å². The van der Waals surface area contributed by atoms with E-state index in [2.05, 4.69) is 10.6 Å². The Morgan fingerprint density at radius 2 is 1.84 bits per heavy atom. The summed E-state index contributed by atoms with van der Waals surface area (Å²) in [5.41, 5.74) is 3.13. The Morgan fingerprint density at radius 3 is 2.52 bits per heavy atom. The lowest BCUT2D eigenvalue weighted by atomic mass is 10.1. The molecule has 0 saturated carbocycles. The van der Waals surface area contributed by atoms with Crippen molar-refractivity contribution in [3.8, 4) is 0 Å². The topological polar surface area (TPSA) is 87.7 Å². The third kappa shape index (κ3) is 5.90. The fourth-order valence-corrected chi connectivity index (χ4v) is 4.29. The molecule has 31 heavy (non-hydrogen) atoms. The van der Waals surface area contributed by atoms with Gasteiger partial charge in [0.15, 0.2) is 5.11 Å². The number of hydrogen-bond donors (Lipinski definition) is 3. The number of thiocarbonyl (C=S) groups is 1. The number of aromatic carboxylic acids is 1. The number of nitrogens with one attached hydrogen (secondary N) is 2. The van der Waals surface area contributed by atoms with E-state index in [1.165, 1.54) is 23.5 Å². The molecule has 0 saturated heterocycles. The van der Waals surface area contributed by atoms with Crippen molar-refractivity contribution in [3.05, 3.63) is 81.7 Å². The molecule has 160 valence electrons. The van der Waals surface area contributed by atoms with Gasteiger partial charge in [-0.3, -0.25) is 0 Å². The minimum Gasteiger partial charge on any atom is -0.478 e. The number of carboxylic acids is 1. The normalized spacial score (nSPS) is 10.4. The Kier molecular flexibility index (Phi) is 7.38. The van der Waals surface area contributed by atoms with Crippen molar-refractivity contribution in [2.45, 2.75) is 20.3 Å². The van der Waals surface area contributed by atoms with Crippen molar-refractivity contribution in [1.29, 1.82) is 0 Å². The van der Waals surface area contributed by atoms with Gasteiger partial charge in [0.05, 0.1) is 17.7 Å². The molecule has 8 heteroatoms. The number of carboxylic acid groups (broad SMARTS) is 1. The van der Waals surface area contributed by atoms with Gasteiger partial charge in [-0.15, -0.1) is 11.3 Å². The molecule has 0 aliphatic carbocycles. The molecule has 6 nitrogen and oxygen atoms in total. The maximum absolute atomic E-state index is 12.5. The summed E-state index contributed by atoms with van der Waals surface area (Å²) >= 11 is 6.85. The summed E-state index contributed by atoms with van der Waals surface area (Å²) in [5.74, 6) is -1.44. The van der Waals surface area contributed by atoms with Gasteiger partial charge in [-0.25, -0.2) is 9.59 Å². The Morgan fingerprint density at radius 1 is 1.10 bits per heavy atom. The third-order valence-electron chi connectivity index (χ3n) is 4.46. The highest BCUT2D eigenvalue weighted by molar-refractivity contribution is 7.80. The molecule has 0 fully saturated rings. The van der Waals surface area contributed by atoms with Crippen LogP contribution in [-0.2, 0) is 11.2 Å². The van der Waals surface area contributed by atoms with Gasteiger partial charge in [0, 0.05) is 17.0 Å². The number of carbonyl (C=O) groups excluding carboxylic acids is 1. The number of anilines is 2. The molecular formula is C23H22N2O4S2. The Hall–Kier alpha value is -3.23. The molecule has 0 aliphatic rings. The second kappa shape index (κ2) is 10.2. The molecule has 3 rings (SSSR count). The minimum atomic E-state index is -1.02. The highest BCUT2D eigenvalue weighted by Crippen LogP contribution is 2.31. The van der Waals surface area contributed by atoms with Crippen LogP contribution in [0.25, 0.3) is 0 Å². The standard InChI is InChI=1S/C23H22N2O4S2/c1-3-29-22(28)18-13-17(11-15-7-5-4-6-8-15)31-20(18)25-23(30)24-19-12-16(21(26)27)10-9-14(19)2/h4-10,12-13H,3,11H2,1-2H3,(H,26,27)(H2,24,25,30). The van der Waals surface area contributed by atoms with E-state index < -0.39 is 11.9 Å². The molecular weight excluding hydrogens is 432 g/mol. The van der Waals surface area contributed by atoms with Crippen LogP contribution in [0.15, 0.2) is 54.6 Å². The van der Waals surface area contributed by atoms with Crippen molar-refractivity contribution in [3.63, 3.8) is 0 Å². The average Bonchev–Trinajstić information content (AvgIpc) is 3.12. The minimum absolute atomic E-state index is 0.157. The van der Waals surface area contributed by atoms with Gasteiger partial charge in [0.1, 0.15) is 5.00 Å². The molecule has 0 spiro atoms. The lowest BCUT2D eigenvalue weighted by Gasteiger charge is -2.13. The summed E-state index contributed by atoms with van der Waals surface area (Å²) in [6.45, 7) is 3.88. The van der Waals surface area contributed by atoms with E-state index in [0.717, 1.165) is 16.0 Å². The molecule has 2 aromatic carbocycles. The predicted octanol–water partition coefficient (Wildman–Crippen LogP) is 5.33. The average molecular weight is 455 g/mol. The van der Waals surface area contributed by atoms with Crippen LogP contribution in [0.1, 0.15) is 43.6 Å². The summed E-state index contributed by atoms with van der Waals surface area (Å²) in [7, 11) is 0. The smallest absolute Gasteiger partial charge is 0.341 e. The summed E-state index contributed by atoms with van der Waals surface area (Å²) in [5, 5.41) is 16.1. The van der Waals surface area contributed by atoms with Crippen LogP contribution in [0.4, 0.5) is 10.7 Å². The first-order valence-corrected chi connectivity index (χ1v) is 10.9. The van der Waals surface area contributed by atoms with Crippen molar-refractivity contribution < 1.29 is 19.4 Å². The van der Waals surface area contributed by atoms with E-state index in [-0.39, 0.29) is 17.3 Å². The number of ether oxygens (including phenoxy) is 1. The summed E-state index contributed by atoms with van der Waals surface area (Å²) in [6, 6.07) is 16.5. The second-order valence-electron chi connectivity index (χ2n) is 6.75. The fourth-order valence-electron chi connectivity index (χ4n) is 2.93. The van der Waals surface area contributed by atoms with Gasteiger partial charge >= 0.3 is 11.9 Å². The van der Waals surface area contributed by atoms with Crippen molar-refractivity contribution in [2.75, 3.05) is 17.2 Å². The summed E-state index contributed by atoms with van der Waals surface area (Å²) in [6.07, 6.45) is 0.680. The van der Waals surface area contributed by atoms with Crippen LogP contribution in [0.2, 0.25) is 0 Å². The van der Waals surface area contributed by atoms with E-state index in [9.17, 15) is 14.7 Å². The van der Waals surface area contributed by atoms with Crippen molar-refractivity contribution >= 4 is 51.3 Å². The molecule has 0 amide bonds. The first kappa shape index (κ1) is 22.5. The SMILES string of the molecule is CCOC(=O)c1cc(Cc2ccccc2)sc1NC(=S)Nc1cc(C(=O)O)ccc1C. The van der Waals surface area contributed by atoms with E-state index >= 15 is 0 Å². The highest BCUT2D eigenvalue weighted by atomic mass is 32.1. The molecule has 0 radical (unpaired) electrons. The fraction of sp³-hybridized carbons (Fsp3) is 0.174. The number of esters is 1. The first-order valence-electron chi connectivity index (χ1n) is 9.63. The van der Waals surface area contributed by atoms with E-state index in [1.807, 2.05) is 43.3 Å². The van der Waals surface area contributed by atoms with Gasteiger partial charge < -0.3 is 20.5 Å². The third-order valence-corrected chi connectivity index (χ3v) is 5.71. The van der Waals surface area contributed by atoms with E-state index in [1.54, 1.807) is 13.0 Å². The van der Waals surface area contributed by atoms with Crippen LogP contribution in [0.5, 0.6) is 0 Å². The number of aryl methyl sites for hydroxylation is 1. The zero-order valence-electron chi connectivity index (χ0n) is 17.1. The molecule has 0 bridgehead atoms. The Labute approximate surface area is 189 Å². The monoisotopic (exact) mass is 454 g/mol.